The van der Waals surface area contributed by atoms with Gasteiger partial charge < -0.3 is 5.73 Å². The Labute approximate surface area is 64.3 Å². The third-order valence-corrected chi connectivity index (χ3v) is 1.74. The fourth-order valence-corrected chi connectivity index (χ4v) is 1.02. The standard InChI is InChI=1S/C9H19N/c1-5-9(10)8(4)6-7(2)3/h6,8-9H,5,10H2,1-4H3. The van der Waals surface area contributed by atoms with Crippen LogP contribution in [-0.4, -0.2) is 6.04 Å². The molecule has 0 saturated heterocycles. The van der Waals surface area contributed by atoms with Crippen molar-refractivity contribution in [3.05, 3.63) is 11.6 Å². The maximum atomic E-state index is 5.82. The molecule has 0 aromatic rings. The zero-order chi connectivity index (χ0) is 8.15. The molecule has 60 valence electrons. The van der Waals surface area contributed by atoms with E-state index in [1.165, 1.54) is 5.57 Å². The monoisotopic (exact) mass is 141 g/mol. The first-order valence-corrected chi connectivity index (χ1v) is 3.98. The summed E-state index contributed by atoms with van der Waals surface area (Å²) in [6, 6.07) is 0.329. The van der Waals surface area contributed by atoms with Crippen molar-refractivity contribution in [1.82, 2.24) is 0 Å². The van der Waals surface area contributed by atoms with Crippen LogP contribution in [0.25, 0.3) is 0 Å². The van der Waals surface area contributed by atoms with E-state index in [4.69, 9.17) is 5.73 Å². The van der Waals surface area contributed by atoms with Crippen molar-refractivity contribution in [2.75, 3.05) is 0 Å². The zero-order valence-corrected chi connectivity index (χ0v) is 7.52. The maximum Gasteiger partial charge on any atom is 0.00967 e. The summed E-state index contributed by atoms with van der Waals surface area (Å²) in [6.07, 6.45) is 3.29. The summed E-state index contributed by atoms with van der Waals surface area (Å²) in [7, 11) is 0. The fourth-order valence-electron chi connectivity index (χ4n) is 1.02. The summed E-state index contributed by atoms with van der Waals surface area (Å²) in [5, 5.41) is 0. The molecule has 1 nitrogen and oxygen atoms in total. The average molecular weight is 141 g/mol. The molecule has 0 aromatic carbocycles. The first kappa shape index (κ1) is 9.70. The van der Waals surface area contributed by atoms with Crippen molar-refractivity contribution in [2.24, 2.45) is 11.7 Å². The Balaban J connectivity index is 3.83. The Hall–Kier alpha value is -0.300. The zero-order valence-electron chi connectivity index (χ0n) is 7.52. The van der Waals surface area contributed by atoms with E-state index in [1.807, 2.05) is 0 Å². The number of hydrogen-bond donors (Lipinski definition) is 1. The molecule has 2 atom stereocenters. The van der Waals surface area contributed by atoms with E-state index in [0.717, 1.165) is 6.42 Å². The van der Waals surface area contributed by atoms with Crippen LogP contribution in [0.2, 0.25) is 0 Å². The molecule has 0 radical (unpaired) electrons. The van der Waals surface area contributed by atoms with Gasteiger partial charge in [-0.2, -0.15) is 0 Å². The molecule has 0 aromatic heterocycles. The average Bonchev–Trinajstić information content (AvgIpc) is 1.85. The van der Waals surface area contributed by atoms with Gasteiger partial charge in [0.2, 0.25) is 0 Å². The summed E-state index contributed by atoms with van der Waals surface area (Å²) < 4.78 is 0. The largest absolute Gasteiger partial charge is 0.327 e. The van der Waals surface area contributed by atoms with Gasteiger partial charge in [-0.1, -0.05) is 25.5 Å². The van der Waals surface area contributed by atoms with Crippen LogP contribution in [0.15, 0.2) is 11.6 Å². The van der Waals surface area contributed by atoms with E-state index in [1.54, 1.807) is 0 Å². The van der Waals surface area contributed by atoms with Gasteiger partial charge in [-0.25, -0.2) is 0 Å². The van der Waals surface area contributed by atoms with Crippen LogP contribution in [0.3, 0.4) is 0 Å². The molecule has 0 spiro atoms. The van der Waals surface area contributed by atoms with E-state index in [-0.39, 0.29) is 0 Å². The third-order valence-electron chi connectivity index (χ3n) is 1.74. The van der Waals surface area contributed by atoms with Gasteiger partial charge in [0.1, 0.15) is 0 Å². The third kappa shape index (κ3) is 3.67. The van der Waals surface area contributed by atoms with E-state index in [0.29, 0.717) is 12.0 Å². The molecule has 0 aliphatic heterocycles. The summed E-state index contributed by atoms with van der Waals surface area (Å²) in [4.78, 5) is 0. The van der Waals surface area contributed by atoms with Gasteiger partial charge in [0.25, 0.3) is 0 Å². The highest BCUT2D eigenvalue weighted by molar-refractivity contribution is 4.98. The van der Waals surface area contributed by atoms with Crippen LogP contribution in [0.4, 0.5) is 0 Å². The number of allylic oxidation sites excluding steroid dienone is 1. The van der Waals surface area contributed by atoms with Crippen LogP contribution in [0, 0.1) is 5.92 Å². The van der Waals surface area contributed by atoms with Crippen LogP contribution in [0.1, 0.15) is 34.1 Å². The molecule has 10 heavy (non-hydrogen) atoms. The molecular formula is C9H19N. The van der Waals surface area contributed by atoms with Crippen molar-refractivity contribution in [3.8, 4) is 0 Å². The lowest BCUT2D eigenvalue weighted by molar-refractivity contribution is 0.522. The molecule has 0 amide bonds. The minimum absolute atomic E-state index is 0.329. The number of rotatable bonds is 3. The smallest absolute Gasteiger partial charge is 0.00967 e. The van der Waals surface area contributed by atoms with Crippen LogP contribution in [-0.2, 0) is 0 Å². The molecule has 0 aliphatic rings. The molecule has 0 saturated carbocycles. The van der Waals surface area contributed by atoms with Gasteiger partial charge >= 0.3 is 0 Å². The molecule has 0 bridgehead atoms. The summed E-state index contributed by atoms with van der Waals surface area (Å²) in [5.41, 5.74) is 7.18. The topological polar surface area (TPSA) is 26.0 Å². The van der Waals surface area contributed by atoms with Crippen molar-refractivity contribution in [2.45, 2.75) is 40.2 Å². The Kier molecular flexibility index (Phi) is 4.37. The van der Waals surface area contributed by atoms with Crippen molar-refractivity contribution in [1.29, 1.82) is 0 Å². The van der Waals surface area contributed by atoms with Gasteiger partial charge in [0.15, 0.2) is 0 Å². The van der Waals surface area contributed by atoms with Crippen LogP contribution < -0.4 is 5.73 Å². The number of hydrogen-bond acceptors (Lipinski definition) is 1. The van der Waals surface area contributed by atoms with E-state index in [2.05, 4.69) is 33.8 Å². The van der Waals surface area contributed by atoms with Crippen LogP contribution >= 0.6 is 0 Å². The van der Waals surface area contributed by atoms with Gasteiger partial charge in [-0.05, 0) is 26.2 Å². The molecule has 2 N–H and O–H groups in total. The Morgan fingerprint density at radius 2 is 2.00 bits per heavy atom. The van der Waals surface area contributed by atoms with Crippen molar-refractivity contribution >= 4 is 0 Å². The predicted molar refractivity (Wildman–Crippen MR) is 46.9 cm³/mol. The summed E-state index contributed by atoms with van der Waals surface area (Å²) in [5.74, 6) is 0.523. The fraction of sp³-hybridized carbons (Fsp3) is 0.778. The van der Waals surface area contributed by atoms with Crippen molar-refractivity contribution in [3.63, 3.8) is 0 Å². The summed E-state index contributed by atoms with van der Waals surface area (Å²) >= 11 is 0. The minimum atomic E-state index is 0.329. The Morgan fingerprint density at radius 3 is 2.30 bits per heavy atom. The normalized spacial score (nSPS) is 16.1. The maximum absolute atomic E-state index is 5.82. The molecular weight excluding hydrogens is 122 g/mol. The predicted octanol–water partition coefficient (Wildman–Crippen LogP) is 2.33. The molecule has 1 heteroatoms. The van der Waals surface area contributed by atoms with Gasteiger partial charge in [-0.3, -0.25) is 0 Å². The lowest BCUT2D eigenvalue weighted by Crippen LogP contribution is -2.25. The van der Waals surface area contributed by atoms with Gasteiger partial charge in [-0.15, -0.1) is 0 Å². The molecule has 0 aliphatic carbocycles. The second kappa shape index (κ2) is 4.51. The molecule has 2 unspecified atom stereocenters. The number of nitrogens with two attached hydrogens (primary N) is 1. The van der Waals surface area contributed by atoms with E-state index in [9.17, 15) is 0 Å². The second-order valence-corrected chi connectivity index (χ2v) is 3.18. The molecule has 0 heterocycles. The second-order valence-electron chi connectivity index (χ2n) is 3.18. The first-order valence-electron chi connectivity index (χ1n) is 3.98. The highest BCUT2D eigenvalue weighted by atomic mass is 14.6. The highest BCUT2D eigenvalue weighted by Crippen LogP contribution is 2.08. The lowest BCUT2D eigenvalue weighted by Gasteiger charge is -2.14. The first-order chi connectivity index (χ1) is 4.57. The molecule has 0 rings (SSSR count). The highest BCUT2D eigenvalue weighted by Gasteiger charge is 2.05. The van der Waals surface area contributed by atoms with Gasteiger partial charge in [0, 0.05) is 6.04 Å². The molecule has 0 fully saturated rings. The SMILES string of the molecule is CCC(N)C(C)C=C(C)C. The van der Waals surface area contributed by atoms with E-state index >= 15 is 0 Å². The minimum Gasteiger partial charge on any atom is -0.327 e. The van der Waals surface area contributed by atoms with Crippen molar-refractivity contribution < 1.29 is 0 Å². The summed E-state index contributed by atoms with van der Waals surface area (Å²) in [6.45, 7) is 8.51. The van der Waals surface area contributed by atoms with Gasteiger partial charge in [0.05, 0.1) is 0 Å². The Bertz CT molecular complexity index is 112. The van der Waals surface area contributed by atoms with Crippen LogP contribution in [0.5, 0.6) is 0 Å². The van der Waals surface area contributed by atoms with E-state index < -0.39 is 0 Å². The quantitative estimate of drug-likeness (QED) is 0.600. The Morgan fingerprint density at radius 1 is 1.50 bits per heavy atom. The lowest BCUT2D eigenvalue weighted by atomic mass is 9.98.